The summed E-state index contributed by atoms with van der Waals surface area (Å²) in [6, 6.07) is 9.12. The van der Waals surface area contributed by atoms with Crippen molar-refractivity contribution in [1.82, 2.24) is 10.9 Å². The lowest BCUT2D eigenvalue weighted by atomic mass is 10.00. The van der Waals surface area contributed by atoms with Gasteiger partial charge in [-0.2, -0.15) is 0 Å². The van der Waals surface area contributed by atoms with Crippen LogP contribution >= 0.6 is 11.3 Å². The normalized spacial score (nSPS) is 14.0. The van der Waals surface area contributed by atoms with Gasteiger partial charge in [0.05, 0.1) is 11.5 Å². The number of nitrogens with one attached hydrogen (secondary N) is 2. The van der Waals surface area contributed by atoms with Crippen LogP contribution in [0.3, 0.4) is 0 Å². The average molecular weight is 372 g/mol. The van der Waals surface area contributed by atoms with E-state index in [9.17, 15) is 9.59 Å². The van der Waals surface area contributed by atoms with Gasteiger partial charge in [0.25, 0.3) is 11.8 Å². The van der Waals surface area contributed by atoms with Crippen molar-refractivity contribution in [3.63, 3.8) is 0 Å². The lowest BCUT2D eigenvalue weighted by Gasteiger charge is -2.07. The van der Waals surface area contributed by atoms with E-state index in [-0.39, 0.29) is 11.8 Å². The second-order valence-electron chi connectivity index (χ2n) is 6.51. The number of rotatable bonds is 4. The number of amides is 2. The number of carbonyl (C=O) groups excluding carboxylic acids is 2. The molecule has 2 N–H and O–H groups in total. The van der Waals surface area contributed by atoms with Crippen LogP contribution in [0, 0.1) is 0 Å². The van der Waals surface area contributed by atoms with Gasteiger partial charge in [0.15, 0.2) is 0 Å². The van der Waals surface area contributed by atoms with E-state index in [1.165, 1.54) is 36.1 Å². The first-order valence-corrected chi connectivity index (χ1v) is 9.79. The summed E-state index contributed by atoms with van der Waals surface area (Å²) in [7, 11) is 1.61. The quantitative estimate of drug-likeness (QED) is 0.806. The molecule has 0 atom stereocenters. The number of fused-ring (bicyclic) bond motifs is 1. The van der Waals surface area contributed by atoms with Crippen LogP contribution in [0.15, 0.2) is 30.3 Å². The first-order valence-electron chi connectivity index (χ1n) is 8.97. The van der Waals surface area contributed by atoms with Crippen LogP contribution in [0.2, 0.25) is 0 Å². The van der Waals surface area contributed by atoms with Gasteiger partial charge < -0.3 is 4.74 Å². The number of hydrogen-bond acceptors (Lipinski definition) is 4. The number of aryl methyl sites for hydroxylation is 2. The summed E-state index contributed by atoms with van der Waals surface area (Å²) in [5, 5.41) is 0. The minimum Gasteiger partial charge on any atom is -0.380 e. The highest BCUT2D eigenvalue weighted by Crippen LogP contribution is 2.28. The first kappa shape index (κ1) is 18.6. The van der Waals surface area contributed by atoms with Crippen LogP contribution in [-0.2, 0) is 24.2 Å². The van der Waals surface area contributed by atoms with Gasteiger partial charge in [-0.3, -0.25) is 20.4 Å². The van der Waals surface area contributed by atoms with Crippen LogP contribution in [0.1, 0.15) is 61.7 Å². The summed E-state index contributed by atoms with van der Waals surface area (Å²) in [5.41, 5.74) is 7.71. The van der Waals surface area contributed by atoms with Crippen LogP contribution in [0.4, 0.5) is 0 Å². The summed E-state index contributed by atoms with van der Waals surface area (Å²) in [5.74, 6) is -0.602. The minimum atomic E-state index is -0.341. The summed E-state index contributed by atoms with van der Waals surface area (Å²) in [6.45, 7) is 0.439. The third kappa shape index (κ3) is 4.71. The minimum absolute atomic E-state index is 0.261. The second kappa shape index (κ2) is 8.96. The maximum Gasteiger partial charge on any atom is 0.279 e. The second-order valence-corrected chi connectivity index (χ2v) is 7.65. The molecular weight excluding hydrogens is 348 g/mol. The molecule has 1 aliphatic carbocycles. The summed E-state index contributed by atoms with van der Waals surface area (Å²) in [4.78, 5) is 26.6. The molecule has 0 saturated carbocycles. The lowest BCUT2D eigenvalue weighted by Crippen LogP contribution is -2.41. The Morgan fingerprint density at radius 2 is 1.81 bits per heavy atom. The number of hydrogen-bond donors (Lipinski definition) is 2. The smallest absolute Gasteiger partial charge is 0.279 e. The fourth-order valence-corrected chi connectivity index (χ4v) is 4.32. The van der Waals surface area contributed by atoms with Crippen LogP contribution in [-0.4, -0.2) is 18.9 Å². The van der Waals surface area contributed by atoms with Crippen molar-refractivity contribution >= 4 is 23.2 Å². The monoisotopic (exact) mass is 372 g/mol. The highest BCUT2D eigenvalue weighted by atomic mass is 32.1. The molecule has 2 amide bonds. The molecule has 2 aromatic rings. The Kier molecular flexibility index (Phi) is 6.41. The number of benzene rings is 1. The number of carbonyl (C=O) groups is 2. The summed E-state index contributed by atoms with van der Waals surface area (Å²) >= 11 is 1.54. The average Bonchev–Trinajstić information content (AvgIpc) is 3.02. The van der Waals surface area contributed by atoms with Crippen molar-refractivity contribution < 1.29 is 14.3 Å². The third-order valence-electron chi connectivity index (χ3n) is 4.51. The molecule has 0 unspecified atom stereocenters. The molecule has 0 spiro atoms. The Bertz CT molecular complexity index is 760. The molecule has 3 rings (SSSR count). The Hall–Kier alpha value is -2.18. The van der Waals surface area contributed by atoms with Crippen molar-refractivity contribution in [2.45, 2.75) is 45.1 Å². The zero-order chi connectivity index (χ0) is 18.4. The van der Waals surface area contributed by atoms with Gasteiger partial charge in [0.2, 0.25) is 0 Å². The molecule has 0 aliphatic heterocycles. The highest BCUT2D eigenvalue weighted by molar-refractivity contribution is 7.14. The van der Waals surface area contributed by atoms with E-state index in [2.05, 4.69) is 10.9 Å². The summed E-state index contributed by atoms with van der Waals surface area (Å²) < 4.78 is 5.08. The number of ether oxygens (including phenoxy) is 1. The van der Waals surface area contributed by atoms with E-state index < -0.39 is 0 Å². The topological polar surface area (TPSA) is 67.4 Å². The largest absolute Gasteiger partial charge is 0.380 e. The van der Waals surface area contributed by atoms with E-state index in [0.717, 1.165) is 18.4 Å². The molecule has 0 fully saturated rings. The molecule has 0 radical (unpaired) electrons. The predicted molar refractivity (Wildman–Crippen MR) is 102 cm³/mol. The fraction of sp³-hybridized carbons (Fsp3) is 0.400. The highest BCUT2D eigenvalue weighted by Gasteiger charge is 2.16. The number of thiophene rings is 1. The van der Waals surface area contributed by atoms with Gasteiger partial charge in [-0.1, -0.05) is 25.0 Å². The molecular formula is C20H24N2O3S. The van der Waals surface area contributed by atoms with E-state index in [0.29, 0.717) is 17.0 Å². The van der Waals surface area contributed by atoms with Crippen molar-refractivity contribution in [3.05, 3.63) is 56.8 Å². The molecule has 1 heterocycles. The Balaban J connectivity index is 1.61. The molecule has 0 bridgehead atoms. The molecule has 5 nitrogen and oxygen atoms in total. The lowest BCUT2D eigenvalue weighted by molar-refractivity contribution is 0.0848. The van der Waals surface area contributed by atoms with E-state index in [1.54, 1.807) is 36.6 Å². The van der Waals surface area contributed by atoms with Gasteiger partial charge in [-0.15, -0.1) is 11.3 Å². The van der Waals surface area contributed by atoms with Crippen LogP contribution < -0.4 is 10.9 Å². The van der Waals surface area contributed by atoms with Crippen LogP contribution in [0.25, 0.3) is 0 Å². The van der Waals surface area contributed by atoms with Gasteiger partial charge in [0, 0.05) is 17.6 Å². The molecule has 0 saturated heterocycles. The zero-order valence-corrected chi connectivity index (χ0v) is 15.8. The maximum atomic E-state index is 12.4. The van der Waals surface area contributed by atoms with Gasteiger partial charge in [-0.05, 0) is 55.0 Å². The van der Waals surface area contributed by atoms with Gasteiger partial charge in [-0.25, -0.2) is 0 Å². The predicted octanol–water partition coefficient (Wildman–Crippen LogP) is 3.63. The standard InChI is InChI=1S/C20H24N2O3S/c1-25-13-14-7-6-9-16(11-14)19(23)21-22-20(24)18-12-15-8-4-2-3-5-10-17(15)26-18/h6-7,9,11-12H,2-5,8,10,13H2,1H3,(H,21,23)(H,22,24). The molecule has 1 aliphatic rings. The Morgan fingerprint density at radius 3 is 2.62 bits per heavy atom. The van der Waals surface area contributed by atoms with E-state index >= 15 is 0 Å². The number of methoxy groups -OCH3 is 1. The molecule has 6 heteroatoms. The van der Waals surface area contributed by atoms with Gasteiger partial charge >= 0.3 is 0 Å². The molecule has 138 valence electrons. The SMILES string of the molecule is COCc1cccc(C(=O)NNC(=O)c2cc3c(s2)CCCCCC3)c1. The van der Waals surface area contributed by atoms with Crippen molar-refractivity contribution in [1.29, 1.82) is 0 Å². The molecule has 1 aromatic heterocycles. The Labute approximate surface area is 157 Å². The van der Waals surface area contributed by atoms with E-state index in [4.69, 9.17) is 4.74 Å². The van der Waals surface area contributed by atoms with Gasteiger partial charge in [0.1, 0.15) is 0 Å². The molecule has 26 heavy (non-hydrogen) atoms. The first-order chi connectivity index (χ1) is 12.7. The summed E-state index contributed by atoms with van der Waals surface area (Å²) in [6.07, 6.45) is 6.97. The third-order valence-corrected chi connectivity index (χ3v) is 5.75. The van der Waals surface area contributed by atoms with Crippen molar-refractivity contribution in [2.75, 3.05) is 7.11 Å². The van der Waals surface area contributed by atoms with E-state index in [1.807, 2.05) is 12.1 Å². The Morgan fingerprint density at radius 1 is 1.04 bits per heavy atom. The van der Waals surface area contributed by atoms with Crippen LogP contribution in [0.5, 0.6) is 0 Å². The maximum absolute atomic E-state index is 12.4. The zero-order valence-electron chi connectivity index (χ0n) is 15.0. The molecule has 1 aromatic carbocycles. The fourth-order valence-electron chi connectivity index (χ4n) is 3.17. The number of hydrazine groups is 1. The van der Waals surface area contributed by atoms with Crippen molar-refractivity contribution in [3.8, 4) is 0 Å². The van der Waals surface area contributed by atoms with Crippen molar-refractivity contribution in [2.24, 2.45) is 0 Å².